The van der Waals surface area contributed by atoms with Crippen LogP contribution in [-0.4, -0.2) is 41.1 Å². The molecule has 7 heteroatoms. The first kappa shape index (κ1) is 16.8. The summed E-state index contributed by atoms with van der Waals surface area (Å²) in [7, 11) is 0. The zero-order valence-corrected chi connectivity index (χ0v) is 12.9. The molecule has 4 nitrogen and oxygen atoms in total. The topological polar surface area (TPSA) is 57.6 Å². The summed E-state index contributed by atoms with van der Waals surface area (Å²) in [6.45, 7) is -0.944. The van der Waals surface area contributed by atoms with Crippen molar-refractivity contribution >= 4 is 11.9 Å². The Kier molecular flexibility index (Phi) is 4.05. The Hall–Kier alpha value is -2.05. The Bertz CT molecular complexity index is 646. The molecule has 0 bridgehead atoms. The molecule has 2 fully saturated rings. The number of nitrogens with zero attached hydrogens (tertiary/aromatic N) is 1. The number of hydrogen-bond acceptors (Lipinski definition) is 2. The maximum Gasteiger partial charge on any atom is 0.406 e. The van der Waals surface area contributed by atoms with Gasteiger partial charge in [-0.3, -0.25) is 9.59 Å². The van der Waals surface area contributed by atoms with Gasteiger partial charge in [0.25, 0.3) is 0 Å². The lowest BCUT2D eigenvalue weighted by molar-refractivity contribution is -0.227. The van der Waals surface area contributed by atoms with E-state index in [4.69, 9.17) is 5.11 Å². The van der Waals surface area contributed by atoms with Crippen molar-refractivity contribution in [1.29, 1.82) is 0 Å². The lowest BCUT2D eigenvalue weighted by Crippen LogP contribution is -2.47. The summed E-state index contributed by atoms with van der Waals surface area (Å²) in [6.07, 6.45) is -4.43. The average Bonchev–Trinajstić information content (AvgIpc) is 3.11. The number of alkyl halides is 3. The minimum absolute atomic E-state index is 0.130. The van der Waals surface area contributed by atoms with E-state index in [0.29, 0.717) is 0 Å². The van der Waals surface area contributed by atoms with Gasteiger partial charge in [0.1, 0.15) is 0 Å². The first-order chi connectivity index (χ1) is 11.2. The Morgan fingerprint density at radius 3 is 2.46 bits per heavy atom. The second kappa shape index (κ2) is 5.79. The van der Waals surface area contributed by atoms with E-state index in [0.717, 1.165) is 16.9 Å². The molecule has 1 aliphatic heterocycles. The van der Waals surface area contributed by atoms with Gasteiger partial charge < -0.3 is 10.0 Å². The van der Waals surface area contributed by atoms with Gasteiger partial charge in [0, 0.05) is 19.5 Å². The van der Waals surface area contributed by atoms with E-state index >= 15 is 0 Å². The maximum atomic E-state index is 13.1. The third kappa shape index (κ3) is 2.87. The van der Waals surface area contributed by atoms with Crippen molar-refractivity contribution in [1.82, 2.24) is 4.90 Å². The minimum atomic E-state index is -4.86. The molecule has 0 spiro atoms. The SMILES string of the molecule is O=C(C[C@@H]1C[C@H]1c1ccccc1)N1CCC(C(=O)O)(C(F)(F)F)C1. The summed E-state index contributed by atoms with van der Waals surface area (Å²) < 4.78 is 39.4. The van der Waals surface area contributed by atoms with Crippen LogP contribution in [0.3, 0.4) is 0 Å². The fourth-order valence-electron chi connectivity index (χ4n) is 3.48. The Morgan fingerprint density at radius 1 is 1.25 bits per heavy atom. The van der Waals surface area contributed by atoms with E-state index in [9.17, 15) is 22.8 Å². The Morgan fingerprint density at radius 2 is 1.92 bits per heavy atom. The van der Waals surface area contributed by atoms with Gasteiger partial charge in [-0.2, -0.15) is 13.2 Å². The van der Waals surface area contributed by atoms with Crippen LogP contribution in [0.25, 0.3) is 0 Å². The first-order valence-corrected chi connectivity index (χ1v) is 7.87. The lowest BCUT2D eigenvalue weighted by Gasteiger charge is -2.27. The van der Waals surface area contributed by atoms with Crippen molar-refractivity contribution in [2.75, 3.05) is 13.1 Å². The van der Waals surface area contributed by atoms with E-state index in [1.165, 1.54) is 0 Å². The highest BCUT2D eigenvalue weighted by molar-refractivity contribution is 5.81. The first-order valence-electron chi connectivity index (χ1n) is 7.87. The zero-order valence-electron chi connectivity index (χ0n) is 12.9. The van der Waals surface area contributed by atoms with Crippen LogP contribution in [-0.2, 0) is 9.59 Å². The highest BCUT2D eigenvalue weighted by Gasteiger charge is 2.64. The number of carbonyl (C=O) groups excluding carboxylic acids is 1. The van der Waals surface area contributed by atoms with E-state index in [-0.39, 0.29) is 30.7 Å². The van der Waals surface area contributed by atoms with E-state index in [1.807, 2.05) is 30.3 Å². The molecule has 1 aliphatic carbocycles. The van der Waals surface area contributed by atoms with Crippen LogP contribution in [0.1, 0.15) is 30.7 Å². The van der Waals surface area contributed by atoms with Crippen LogP contribution in [0.15, 0.2) is 30.3 Å². The van der Waals surface area contributed by atoms with Crippen LogP contribution < -0.4 is 0 Å². The number of likely N-dealkylation sites (tertiary alicyclic amines) is 1. The summed E-state index contributed by atoms with van der Waals surface area (Å²) in [4.78, 5) is 24.5. The van der Waals surface area contributed by atoms with Gasteiger partial charge in [0.2, 0.25) is 5.91 Å². The number of carbonyl (C=O) groups is 2. The largest absolute Gasteiger partial charge is 0.481 e. The molecule has 1 saturated heterocycles. The van der Waals surface area contributed by atoms with Crippen molar-refractivity contribution in [3.8, 4) is 0 Å². The lowest BCUT2D eigenvalue weighted by atomic mass is 9.86. The molecule has 0 radical (unpaired) electrons. The van der Waals surface area contributed by atoms with E-state index < -0.39 is 30.5 Å². The summed E-state index contributed by atoms with van der Waals surface area (Å²) in [6, 6.07) is 9.68. The number of halogens is 3. The fourth-order valence-corrected chi connectivity index (χ4v) is 3.48. The molecule has 2 aliphatic rings. The number of rotatable bonds is 4. The molecule has 1 saturated carbocycles. The summed E-state index contributed by atoms with van der Waals surface area (Å²) >= 11 is 0. The van der Waals surface area contributed by atoms with Crippen LogP contribution in [0.5, 0.6) is 0 Å². The number of aliphatic carboxylic acids is 1. The number of benzene rings is 1. The van der Waals surface area contributed by atoms with Crippen molar-refractivity contribution in [2.24, 2.45) is 11.3 Å². The van der Waals surface area contributed by atoms with Gasteiger partial charge >= 0.3 is 12.1 Å². The Balaban J connectivity index is 1.61. The summed E-state index contributed by atoms with van der Waals surface area (Å²) in [5.41, 5.74) is -1.70. The minimum Gasteiger partial charge on any atom is -0.481 e. The molecule has 24 heavy (non-hydrogen) atoms. The molecule has 1 aromatic rings. The van der Waals surface area contributed by atoms with Crippen molar-refractivity contribution in [2.45, 2.75) is 31.4 Å². The quantitative estimate of drug-likeness (QED) is 0.916. The Labute approximate surface area is 137 Å². The molecule has 1 heterocycles. The van der Waals surface area contributed by atoms with E-state index in [2.05, 4.69) is 0 Å². The van der Waals surface area contributed by atoms with Crippen molar-refractivity contribution in [3.63, 3.8) is 0 Å². The van der Waals surface area contributed by atoms with Crippen LogP contribution in [0.4, 0.5) is 13.2 Å². The second-order valence-corrected chi connectivity index (χ2v) is 6.67. The molecule has 3 rings (SSSR count). The molecule has 1 aromatic carbocycles. The summed E-state index contributed by atoms with van der Waals surface area (Å²) in [5, 5.41) is 9.03. The van der Waals surface area contributed by atoms with Crippen LogP contribution in [0, 0.1) is 11.3 Å². The highest BCUT2D eigenvalue weighted by atomic mass is 19.4. The van der Waals surface area contributed by atoms with Gasteiger partial charge in [-0.05, 0) is 30.2 Å². The van der Waals surface area contributed by atoms with Gasteiger partial charge in [-0.15, -0.1) is 0 Å². The van der Waals surface area contributed by atoms with Gasteiger partial charge in [-0.25, -0.2) is 0 Å². The standard InChI is InChI=1S/C17H18F3NO3/c18-17(19,20)16(15(23)24)6-7-21(10-16)14(22)9-12-8-13(12)11-4-2-1-3-5-11/h1-5,12-13H,6-10H2,(H,23,24)/t12-,13-,16?/m0/s1. The zero-order chi connectivity index (χ0) is 17.5. The fraction of sp³-hybridized carbons (Fsp3) is 0.529. The maximum absolute atomic E-state index is 13.1. The predicted octanol–water partition coefficient (Wildman–Crippen LogP) is 3.05. The molecule has 3 atom stereocenters. The third-order valence-corrected chi connectivity index (χ3v) is 5.16. The van der Waals surface area contributed by atoms with Gasteiger partial charge in [0.05, 0.1) is 0 Å². The van der Waals surface area contributed by atoms with Crippen LogP contribution >= 0.6 is 0 Å². The van der Waals surface area contributed by atoms with Gasteiger partial charge in [0.15, 0.2) is 5.41 Å². The number of amides is 1. The molecule has 1 unspecified atom stereocenters. The van der Waals surface area contributed by atoms with Gasteiger partial charge in [-0.1, -0.05) is 30.3 Å². The van der Waals surface area contributed by atoms with Crippen molar-refractivity contribution in [3.05, 3.63) is 35.9 Å². The third-order valence-electron chi connectivity index (χ3n) is 5.16. The van der Waals surface area contributed by atoms with Crippen molar-refractivity contribution < 1.29 is 27.9 Å². The summed E-state index contributed by atoms with van der Waals surface area (Å²) in [5.74, 6) is -1.89. The second-order valence-electron chi connectivity index (χ2n) is 6.67. The predicted molar refractivity (Wildman–Crippen MR) is 79.2 cm³/mol. The monoisotopic (exact) mass is 341 g/mol. The number of carboxylic acid groups (broad SMARTS) is 1. The smallest absolute Gasteiger partial charge is 0.406 e. The van der Waals surface area contributed by atoms with Crippen LogP contribution in [0.2, 0.25) is 0 Å². The molecular weight excluding hydrogens is 323 g/mol. The molecular formula is C17H18F3NO3. The average molecular weight is 341 g/mol. The van der Waals surface area contributed by atoms with E-state index in [1.54, 1.807) is 0 Å². The number of carboxylic acids is 1. The molecule has 0 aromatic heterocycles. The molecule has 130 valence electrons. The number of hydrogen-bond donors (Lipinski definition) is 1. The normalized spacial score (nSPS) is 29.5. The molecule has 1 amide bonds. The highest BCUT2D eigenvalue weighted by Crippen LogP contribution is 2.51. The molecule has 1 N–H and O–H groups in total.